The van der Waals surface area contributed by atoms with E-state index < -0.39 is 17.1 Å². The van der Waals surface area contributed by atoms with E-state index in [1.165, 1.54) is 12.8 Å². The van der Waals surface area contributed by atoms with Crippen LogP contribution in [-0.4, -0.2) is 41.5 Å². The van der Waals surface area contributed by atoms with Gasteiger partial charge in [0.2, 0.25) is 0 Å². The van der Waals surface area contributed by atoms with Crippen LogP contribution in [0.25, 0.3) is 0 Å². The van der Waals surface area contributed by atoms with E-state index in [1.54, 1.807) is 0 Å². The van der Waals surface area contributed by atoms with Crippen LogP contribution in [0.5, 0.6) is 0 Å². The minimum Gasteiger partial charge on any atom is -0.390 e. The Balaban J connectivity index is 0.000000380. The van der Waals surface area contributed by atoms with Crippen molar-refractivity contribution in [3.05, 3.63) is 24.8 Å². The smallest absolute Gasteiger partial charge is 0.350 e. The zero-order valence-corrected chi connectivity index (χ0v) is 29.9. The summed E-state index contributed by atoms with van der Waals surface area (Å²) in [6.07, 6.45) is 12.6. The average molecular weight is 569 g/mol. The second-order valence-corrected chi connectivity index (χ2v) is 24.9. The Labute approximate surface area is 239 Å². The molecule has 2 saturated heterocycles. The van der Waals surface area contributed by atoms with Gasteiger partial charge >= 0.3 is 17.1 Å². The lowest BCUT2D eigenvalue weighted by Crippen LogP contribution is -2.63. The molecule has 224 valence electrons. The molecular formula is C32H64O4Si2. The van der Waals surface area contributed by atoms with Gasteiger partial charge in [0.1, 0.15) is 0 Å². The highest BCUT2D eigenvalue weighted by molar-refractivity contribution is 6.74. The van der Waals surface area contributed by atoms with Gasteiger partial charge in [-0.1, -0.05) is 122 Å². The molecule has 6 heteroatoms. The average Bonchev–Trinajstić information content (AvgIpc) is 2.76. The largest absolute Gasteiger partial charge is 0.390 e. The molecule has 0 aromatic carbocycles. The highest BCUT2D eigenvalue weighted by atomic mass is 28.4. The molecule has 0 N–H and O–H groups in total. The third kappa shape index (κ3) is 7.94. The quantitative estimate of drug-likeness (QED) is 0.244. The van der Waals surface area contributed by atoms with Crippen LogP contribution in [0.15, 0.2) is 24.8 Å². The van der Waals surface area contributed by atoms with Crippen molar-refractivity contribution in [2.75, 3.05) is 0 Å². The van der Waals surface area contributed by atoms with Gasteiger partial charge in [-0.2, -0.15) is 0 Å². The lowest BCUT2D eigenvalue weighted by molar-refractivity contribution is -0.0285. The maximum atomic E-state index is 6.69. The Morgan fingerprint density at radius 2 is 1.08 bits per heavy atom. The predicted octanol–water partition coefficient (Wildman–Crippen LogP) is 10.4. The predicted molar refractivity (Wildman–Crippen MR) is 169 cm³/mol. The summed E-state index contributed by atoms with van der Waals surface area (Å²) in [5, 5.41) is 0.246. The van der Waals surface area contributed by atoms with Gasteiger partial charge < -0.3 is 17.7 Å². The molecule has 2 aliphatic heterocycles. The molecule has 0 aromatic heterocycles. The lowest BCUT2D eigenvalue weighted by Gasteiger charge is -2.55. The van der Waals surface area contributed by atoms with Crippen molar-refractivity contribution in [2.45, 2.75) is 181 Å². The molecule has 0 radical (unpaired) electrons. The summed E-state index contributed by atoms with van der Waals surface area (Å²) in [5.74, 6) is 0. The fourth-order valence-corrected chi connectivity index (χ4v) is 16.6. The molecule has 0 saturated carbocycles. The van der Waals surface area contributed by atoms with E-state index in [9.17, 15) is 0 Å². The van der Waals surface area contributed by atoms with Gasteiger partial charge in [-0.3, -0.25) is 0 Å². The first kappa shape index (κ1) is 35.8. The molecule has 0 aliphatic carbocycles. The number of allylic oxidation sites excluding steroid dienone is 1. The van der Waals surface area contributed by atoms with E-state index >= 15 is 0 Å². The SMILES string of the molecule is C=CC1CC(/C=C/C)O[Si](C(C)(C)C)(C(C)(C)C)O1.CCCC1CC(CC)O[Si](C(C)(C)C)(C(C)(C)C)O1. The molecule has 2 heterocycles. The molecule has 0 bridgehead atoms. The van der Waals surface area contributed by atoms with E-state index in [-0.39, 0.29) is 32.4 Å². The fraction of sp³-hybridized carbons (Fsp3) is 0.875. The van der Waals surface area contributed by atoms with Gasteiger partial charge in [-0.15, -0.1) is 6.58 Å². The summed E-state index contributed by atoms with van der Waals surface area (Å²) in [5.41, 5.74) is 0. The molecule has 4 unspecified atom stereocenters. The zero-order valence-electron chi connectivity index (χ0n) is 27.9. The Bertz CT molecular complexity index is 736. The van der Waals surface area contributed by atoms with Crippen LogP contribution in [0.1, 0.15) is 136 Å². The van der Waals surface area contributed by atoms with Crippen molar-refractivity contribution in [2.24, 2.45) is 0 Å². The van der Waals surface area contributed by atoms with E-state index in [1.807, 2.05) is 13.0 Å². The standard InChI is InChI=1S/C16H34O2Si.C16H30O2Si/c2*1-9-11-14-12-13(10-2)17-19(18-14,15(3,4)5)16(6,7)8/h13-14H,9-12H2,1-8H3;9-11,13-14H,2,12H2,1,3-8H3/b;11-9+. The van der Waals surface area contributed by atoms with Crippen LogP contribution < -0.4 is 0 Å². The summed E-state index contributed by atoms with van der Waals surface area (Å²) in [6, 6.07) is 0. The van der Waals surface area contributed by atoms with Crippen LogP contribution in [0.4, 0.5) is 0 Å². The summed E-state index contributed by atoms with van der Waals surface area (Å²) in [4.78, 5) is 0. The second kappa shape index (κ2) is 13.2. The van der Waals surface area contributed by atoms with Crippen molar-refractivity contribution in [3.63, 3.8) is 0 Å². The third-order valence-electron chi connectivity index (χ3n) is 7.98. The Morgan fingerprint density at radius 3 is 1.45 bits per heavy atom. The zero-order chi connectivity index (χ0) is 29.8. The molecule has 2 rings (SSSR count). The van der Waals surface area contributed by atoms with Crippen molar-refractivity contribution in [1.29, 1.82) is 0 Å². The monoisotopic (exact) mass is 568 g/mol. The Kier molecular flexibility index (Phi) is 12.4. The van der Waals surface area contributed by atoms with Crippen LogP contribution in [-0.2, 0) is 17.7 Å². The van der Waals surface area contributed by atoms with Crippen molar-refractivity contribution >= 4 is 17.1 Å². The maximum Gasteiger partial charge on any atom is 0.350 e. The van der Waals surface area contributed by atoms with Crippen LogP contribution in [0.3, 0.4) is 0 Å². The first-order valence-electron chi connectivity index (χ1n) is 15.1. The van der Waals surface area contributed by atoms with Gasteiger partial charge in [0, 0.05) is 38.8 Å². The van der Waals surface area contributed by atoms with Crippen molar-refractivity contribution in [3.8, 4) is 0 Å². The van der Waals surface area contributed by atoms with Crippen LogP contribution in [0, 0.1) is 0 Å². The van der Waals surface area contributed by atoms with Gasteiger partial charge in [0.15, 0.2) is 0 Å². The summed E-state index contributed by atoms with van der Waals surface area (Å²) < 4.78 is 26.4. The van der Waals surface area contributed by atoms with Crippen molar-refractivity contribution < 1.29 is 17.7 Å². The highest BCUT2D eigenvalue weighted by Crippen LogP contribution is 2.56. The van der Waals surface area contributed by atoms with Gasteiger partial charge in [-0.05, 0) is 26.2 Å². The van der Waals surface area contributed by atoms with E-state index in [0.29, 0.717) is 12.2 Å². The lowest BCUT2D eigenvalue weighted by atomic mass is 10.1. The van der Waals surface area contributed by atoms with Gasteiger partial charge in [0.25, 0.3) is 0 Å². The fourth-order valence-electron chi connectivity index (χ4n) is 6.56. The second-order valence-electron chi connectivity index (χ2n) is 15.5. The molecular weight excluding hydrogens is 505 g/mol. The van der Waals surface area contributed by atoms with E-state index in [4.69, 9.17) is 17.7 Å². The molecule has 4 nitrogen and oxygen atoms in total. The van der Waals surface area contributed by atoms with Gasteiger partial charge in [0.05, 0.1) is 12.2 Å². The van der Waals surface area contributed by atoms with Crippen LogP contribution >= 0.6 is 0 Å². The first-order valence-corrected chi connectivity index (χ1v) is 18.7. The first-order chi connectivity index (χ1) is 17.1. The Hall–Kier alpha value is -0.246. The number of hydrogen-bond donors (Lipinski definition) is 0. The Morgan fingerprint density at radius 1 is 0.658 bits per heavy atom. The minimum absolute atomic E-state index is 0.0206. The van der Waals surface area contributed by atoms with Crippen molar-refractivity contribution in [1.82, 2.24) is 0 Å². The highest BCUT2D eigenvalue weighted by Gasteiger charge is 2.62. The maximum absolute atomic E-state index is 6.69. The van der Waals surface area contributed by atoms with Crippen LogP contribution in [0.2, 0.25) is 20.2 Å². The molecule has 2 fully saturated rings. The number of rotatable bonds is 5. The summed E-state index contributed by atoms with van der Waals surface area (Å²) >= 11 is 0. The summed E-state index contributed by atoms with van der Waals surface area (Å²) in [6.45, 7) is 37.7. The van der Waals surface area contributed by atoms with Gasteiger partial charge in [-0.25, -0.2) is 0 Å². The normalized spacial score (nSPS) is 28.5. The molecule has 38 heavy (non-hydrogen) atoms. The summed E-state index contributed by atoms with van der Waals surface area (Å²) in [7, 11) is -4.66. The van der Waals surface area contributed by atoms with E-state index in [0.717, 1.165) is 19.3 Å². The third-order valence-corrected chi connectivity index (χ3v) is 18.5. The molecule has 0 amide bonds. The number of hydrogen-bond acceptors (Lipinski definition) is 4. The topological polar surface area (TPSA) is 36.9 Å². The molecule has 4 atom stereocenters. The minimum atomic E-state index is -2.39. The molecule has 0 spiro atoms. The molecule has 2 aliphatic rings. The molecule has 0 aromatic rings. The van der Waals surface area contributed by atoms with E-state index in [2.05, 4.69) is 116 Å².